The predicted octanol–water partition coefficient (Wildman–Crippen LogP) is 1.47. The fourth-order valence-electron chi connectivity index (χ4n) is 4.31. The third-order valence-corrected chi connectivity index (χ3v) is 5.69. The van der Waals surface area contributed by atoms with Gasteiger partial charge < -0.3 is 9.64 Å². The molecule has 4 atom stereocenters. The molecule has 2 bridgehead atoms. The van der Waals surface area contributed by atoms with Gasteiger partial charge in [-0.2, -0.15) is 0 Å². The second-order valence-corrected chi connectivity index (χ2v) is 6.91. The van der Waals surface area contributed by atoms with Gasteiger partial charge in [-0.05, 0) is 42.5 Å². The second kappa shape index (κ2) is 5.72. The fourth-order valence-corrected chi connectivity index (χ4v) is 4.31. The summed E-state index contributed by atoms with van der Waals surface area (Å²) in [6, 6.07) is 7.06. The summed E-state index contributed by atoms with van der Waals surface area (Å²) in [5, 5.41) is 0. The van der Waals surface area contributed by atoms with Gasteiger partial charge in [-0.25, -0.2) is 0 Å². The molecule has 1 aromatic rings. The number of likely N-dealkylation sites (N-methyl/N-ethyl adjacent to an activating group) is 1. The van der Waals surface area contributed by atoms with E-state index in [1.54, 1.807) is 38.4 Å². The quantitative estimate of drug-likeness (QED) is 0.615. The van der Waals surface area contributed by atoms with E-state index >= 15 is 0 Å². The molecule has 3 amide bonds. The number of imide groups is 1. The Morgan fingerprint density at radius 2 is 1.68 bits per heavy atom. The van der Waals surface area contributed by atoms with Crippen molar-refractivity contribution in [1.82, 2.24) is 4.90 Å². The summed E-state index contributed by atoms with van der Waals surface area (Å²) >= 11 is 0. The van der Waals surface area contributed by atoms with E-state index in [0.717, 1.165) is 11.3 Å². The first-order valence-electron chi connectivity index (χ1n) is 8.45. The van der Waals surface area contributed by atoms with Crippen LogP contribution in [0.25, 0.3) is 0 Å². The minimum absolute atomic E-state index is 0.158. The number of hydrogen-bond acceptors (Lipinski definition) is 4. The van der Waals surface area contributed by atoms with Crippen molar-refractivity contribution in [3.63, 3.8) is 0 Å². The number of amides is 3. The number of hydrogen-bond donors (Lipinski definition) is 0. The number of likely N-dealkylation sites (tertiary alicyclic amines) is 1. The van der Waals surface area contributed by atoms with Gasteiger partial charge in [-0.15, -0.1) is 0 Å². The Hall–Kier alpha value is -2.63. The molecule has 1 saturated carbocycles. The van der Waals surface area contributed by atoms with Crippen molar-refractivity contribution in [2.24, 2.45) is 23.7 Å². The third kappa shape index (κ3) is 2.35. The first-order chi connectivity index (χ1) is 12.0. The number of anilines is 1. The lowest BCUT2D eigenvalue weighted by Crippen LogP contribution is -2.42. The van der Waals surface area contributed by atoms with Crippen molar-refractivity contribution in [2.45, 2.75) is 6.42 Å². The summed E-state index contributed by atoms with van der Waals surface area (Å²) in [6.45, 7) is -0.202. The topological polar surface area (TPSA) is 66.9 Å². The third-order valence-electron chi connectivity index (χ3n) is 5.69. The molecular formula is C19H20N2O4. The zero-order valence-electron chi connectivity index (χ0n) is 14.2. The number of rotatable bonds is 4. The summed E-state index contributed by atoms with van der Waals surface area (Å²) < 4.78 is 5.11. The molecule has 4 rings (SSSR count). The maximum absolute atomic E-state index is 12.6. The van der Waals surface area contributed by atoms with Gasteiger partial charge in [-0.1, -0.05) is 12.2 Å². The Kier molecular flexibility index (Phi) is 3.63. The lowest BCUT2D eigenvalue weighted by Gasteiger charge is -2.22. The Labute approximate surface area is 146 Å². The Morgan fingerprint density at radius 3 is 2.20 bits per heavy atom. The molecule has 0 unspecified atom stereocenters. The van der Waals surface area contributed by atoms with E-state index in [1.807, 2.05) is 12.2 Å². The molecule has 0 radical (unpaired) electrons. The van der Waals surface area contributed by atoms with Gasteiger partial charge in [0, 0.05) is 12.7 Å². The predicted molar refractivity (Wildman–Crippen MR) is 90.8 cm³/mol. The summed E-state index contributed by atoms with van der Waals surface area (Å²) in [5.74, 6) is -0.177. The molecule has 1 saturated heterocycles. The van der Waals surface area contributed by atoms with Crippen LogP contribution >= 0.6 is 0 Å². The van der Waals surface area contributed by atoms with Crippen LogP contribution in [0.1, 0.15) is 6.42 Å². The summed E-state index contributed by atoms with van der Waals surface area (Å²) in [7, 11) is 3.22. The Balaban J connectivity index is 1.47. The molecule has 2 aliphatic carbocycles. The maximum Gasteiger partial charge on any atom is 0.246 e. The Morgan fingerprint density at radius 1 is 1.12 bits per heavy atom. The minimum Gasteiger partial charge on any atom is -0.497 e. The highest BCUT2D eigenvalue weighted by molar-refractivity contribution is 6.09. The molecule has 130 valence electrons. The molecule has 3 aliphatic rings. The van der Waals surface area contributed by atoms with E-state index in [-0.39, 0.29) is 47.9 Å². The average Bonchev–Trinajstić information content (AvgIpc) is 3.31. The van der Waals surface area contributed by atoms with Gasteiger partial charge in [0.2, 0.25) is 17.7 Å². The van der Waals surface area contributed by atoms with Crippen LogP contribution in [0.3, 0.4) is 0 Å². The SMILES string of the molecule is COc1ccc(N(C)C(=O)CN2C(=O)[C@H]3[C@H](C2=O)[C@H]2C=C[C@H]3C2)cc1. The van der Waals surface area contributed by atoms with Crippen LogP contribution in [0, 0.1) is 23.7 Å². The maximum atomic E-state index is 12.6. The van der Waals surface area contributed by atoms with Crippen molar-refractivity contribution in [2.75, 3.05) is 25.6 Å². The largest absolute Gasteiger partial charge is 0.497 e. The lowest BCUT2D eigenvalue weighted by atomic mass is 9.85. The highest BCUT2D eigenvalue weighted by Gasteiger charge is 2.59. The lowest BCUT2D eigenvalue weighted by molar-refractivity contribution is -0.143. The van der Waals surface area contributed by atoms with Gasteiger partial charge in [-0.3, -0.25) is 19.3 Å². The van der Waals surface area contributed by atoms with E-state index in [0.29, 0.717) is 11.4 Å². The van der Waals surface area contributed by atoms with Crippen molar-refractivity contribution in [3.8, 4) is 5.75 Å². The zero-order valence-corrected chi connectivity index (χ0v) is 14.2. The Bertz CT molecular complexity index is 740. The smallest absolute Gasteiger partial charge is 0.246 e. The van der Waals surface area contributed by atoms with Crippen LogP contribution in [-0.2, 0) is 14.4 Å². The van der Waals surface area contributed by atoms with Crippen LogP contribution in [0.4, 0.5) is 5.69 Å². The number of benzene rings is 1. The first kappa shape index (κ1) is 15.9. The van der Waals surface area contributed by atoms with Gasteiger partial charge in [0.15, 0.2) is 0 Å². The molecule has 1 aromatic carbocycles. The zero-order chi connectivity index (χ0) is 17.7. The van der Waals surface area contributed by atoms with E-state index in [4.69, 9.17) is 4.74 Å². The number of fused-ring (bicyclic) bond motifs is 5. The van der Waals surface area contributed by atoms with E-state index in [2.05, 4.69) is 0 Å². The molecular weight excluding hydrogens is 320 g/mol. The van der Waals surface area contributed by atoms with Gasteiger partial charge in [0.25, 0.3) is 0 Å². The average molecular weight is 340 g/mol. The number of methoxy groups -OCH3 is 1. The molecule has 2 fully saturated rings. The molecule has 25 heavy (non-hydrogen) atoms. The van der Waals surface area contributed by atoms with E-state index in [1.165, 1.54) is 4.90 Å². The molecule has 6 nitrogen and oxygen atoms in total. The minimum atomic E-state index is -0.285. The molecule has 1 heterocycles. The number of carbonyl (C=O) groups is 3. The molecule has 0 N–H and O–H groups in total. The summed E-state index contributed by atoms with van der Waals surface area (Å²) in [6.07, 6.45) is 4.98. The van der Waals surface area contributed by atoms with Crippen LogP contribution in [0.15, 0.2) is 36.4 Å². The number of ether oxygens (including phenoxy) is 1. The summed E-state index contributed by atoms with van der Waals surface area (Å²) in [5.41, 5.74) is 0.687. The van der Waals surface area contributed by atoms with Crippen LogP contribution in [0.2, 0.25) is 0 Å². The molecule has 0 spiro atoms. The fraction of sp³-hybridized carbons (Fsp3) is 0.421. The second-order valence-electron chi connectivity index (χ2n) is 6.91. The van der Waals surface area contributed by atoms with Crippen LogP contribution in [0.5, 0.6) is 5.75 Å². The van der Waals surface area contributed by atoms with E-state index < -0.39 is 0 Å². The number of carbonyl (C=O) groups excluding carboxylic acids is 3. The van der Waals surface area contributed by atoms with Crippen LogP contribution in [-0.4, -0.2) is 43.3 Å². The standard InChI is InChI=1S/C19H20N2O4/c1-20(13-5-7-14(25-2)8-6-13)15(22)10-21-18(23)16-11-3-4-12(9-11)17(16)19(21)24/h3-8,11-12,16-17H,9-10H2,1-2H3/t11-,12-,16+,17+/m0/s1. The van der Waals surface area contributed by atoms with Gasteiger partial charge in [0.05, 0.1) is 18.9 Å². The first-order valence-corrected chi connectivity index (χ1v) is 8.45. The monoisotopic (exact) mass is 340 g/mol. The van der Waals surface area contributed by atoms with E-state index in [9.17, 15) is 14.4 Å². The normalized spacial score (nSPS) is 29.3. The highest BCUT2D eigenvalue weighted by atomic mass is 16.5. The van der Waals surface area contributed by atoms with Crippen LogP contribution < -0.4 is 9.64 Å². The van der Waals surface area contributed by atoms with Gasteiger partial charge in [0.1, 0.15) is 12.3 Å². The van der Waals surface area contributed by atoms with Crippen molar-refractivity contribution >= 4 is 23.4 Å². The number of allylic oxidation sites excluding steroid dienone is 2. The number of nitrogens with zero attached hydrogens (tertiary/aromatic N) is 2. The molecule has 0 aromatic heterocycles. The van der Waals surface area contributed by atoms with Crippen molar-refractivity contribution in [3.05, 3.63) is 36.4 Å². The molecule has 1 aliphatic heterocycles. The molecule has 6 heteroatoms. The highest BCUT2D eigenvalue weighted by Crippen LogP contribution is 2.52. The van der Waals surface area contributed by atoms with Gasteiger partial charge >= 0.3 is 0 Å². The summed E-state index contributed by atoms with van der Waals surface area (Å²) in [4.78, 5) is 40.5. The van der Waals surface area contributed by atoms with Crippen molar-refractivity contribution in [1.29, 1.82) is 0 Å². The van der Waals surface area contributed by atoms with Crippen molar-refractivity contribution < 1.29 is 19.1 Å².